The Balaban J connectivity index is 0.000000254. The Hall–Kier alpha value is -1.82. The molecule has 0 fully saturated rings. The van der Waals surface area contributed by atoms with Gasteiger partial charge in [0.2, 0.25) is 6.41 Å². The first-order valence-electron chi connectivity index (χ1n) is 6.67. The average Bonchev–Trinajstić information content (AvgIpc) is 2.53. The number of carbonyl (C=O) groups excluding carboxylic acids is 1. The quantitative estimate of drug-likeness (QED) is 0.694. The van der Waals surface area contributed by atoms with Gasteiger partial charge in [-0.2, -0.15) is 0 Å². The normalized spacial score (nSPS) is 9.71. The van der Waals surface area contributed by atoms with Gasteiger partial charge >= 0.3 is 5.97 Å². The third-order valence-electron chi connectivity index (χ3n) is 2.91. The highest BCUT2D eigenvalue weighted by molar-refractivity contribution is 6.41. The van der Waals surface area contributed by atoms with Crippen LogP contribution in [0.15, 0.2) is 30.3 Å². The van der Waals surface area contributed by atoms with E-state index in [-0.39, 0.29) is 32.1 Å². The standard InChI is InChI=1S/C8H5Cl2NO3.C8H8ClF/c9-4-1-2-5(11-3-12)7(10)6(4)8(13)14;1-2-6-3-4-8(10)7(9)5-6/h1-3H,(H,11,12)(H,13,14);3-5H,2H2,1H3. The van der Waals surface area contributed by atoms with Gasteiger partial charge in [-0.25, -0.2) is 9.18 Å². The molecule has 2 aromatic carbocycles. The lowest BCUT2D eigenvalue weighted by molar-refractivity contribution is -0.105. The highest BCUT2D eigenvalue weighted by atomic mass is 35.5. The fraction of sp³-hybridized carbons (Fsp3) is 0.125. The Labute approximate surface area is 153 Å². The van der Waals surface area contributed by atoms with E-state index >= 15 is 0 Å². The highest BCUT2D eigenvalue weighted by Crippen LogP contribution is 2.31. The van der Waals surface area contributed by atoms with Crippen LogP contribution >= 0.6 is 34.8 Å². The second-order valence-corrected chi connectivity index (χ2v) is 5.65. The number of aryl methyl sites for hydroxylation is 1. The van der Waals surface area contributed by atoms with E-state index in [1.165, 1.54) is 18.2 Å². The van der Waals surface area contributed by atoms with Crippen LogP contribution in [0.2, 0.25) is 15.1 Å². The Morgan fingerprint density at radius 2 is 1.88 bits per heavy atom. The number of hydrogen-bond acceptors (Lipinski definition) is 2. The number of benzene rings is 2. The van der Waals surface area contributed by atoms with Crippen molar-refractivity contribution in [1.29, 1.82) is 0 Å². The number of carboxylic acid groups (broad SMARTS) is 1. The lowest BCUT2D eigenvalue weighted by Crippen LogP contribution is -2.02. The molecular formula is C16H13Cl3FNO3. The van der Waals surface area contributed by atoms with Crippen LogP contribution in [0.4, 0.5) is 10.1 Å². The van der Waals surface area contributed by atoms with Crippen molar-refractivity contribution < 1.29 is 19.1 Å². The van der Waals surface area contributed by atoms with Crippen LogP contribution in [0.5, 0.6) is 0 Å². The molecule has 2 rings (SSSR count). The average molecular weight is 393 g/mol. The van der Waals surface area contributed by atoms with E-state index in [1.54, 1.807) is 12.1 Å². The first-order chi connectivity index (χ1) is 11.3. The number of amides is 1. The molecule has 0 bridgehead atoms. The minimum Gasteiger partial charge on any atom is -0.478 e. The molecule has 0 saturated heterocycles. The van der Waals surface area contributed by atoms with Gasteiger partial charge in [-0.05, 0) is 36.2 Å². The van der Waals surface area contributed by atoms with Crippen molar-refractivity contribution in [3.8, 4) is 0 Å². The molecule has 0 radical (unpaired) electrons. The van der Waals surface area contributed by atoms with Gasteiger partial charge < -0.3 is 10.4 Å². The zero-order valence-electron chi connectivity index (χ0n) is 12.4. The van der Waals surface area contributed by atoms with Gasteiger partial charge in [-0.15, -0.1) is 0 Å². The second-order valence-electron chi connectivity index (χ2n) is 4.45. The number of halogens is 4. The van der Waals surface area contributed by atoms with Crippen molar-refractivity contribution in [1.82, 2.24) is 0 Å². The molecule has 0 saturated carbocycles. The Morgan fingerprint density at radius 1 is 1.21 bits per heavy atom. The van der Waals surface area contributed by atoms with Crippen LogP contribution in [0.25, 0.3) is 0 Å². The van der Waals surface area contributed by atoms with Gasteiger partial charge in [0.25, 0.3) is 0 Å². The van der Waals surface area contributed by atoms with Gasteiger partial charge in [0, 0.05) is 0 Å². The molecule has 0 aliphatic carbocycles. The highest BCUT2D eigenvalue weighted by Gasteiger charge is 2.16. The zero-order chi connectivity index (χ0) is 18.3. The van der Waals surface area contributed by atoms with Gasteiger partial charge in [0.1, 0.15) is 5.82 Å². The summed E-state index contributed by atoms with van der Waals surface area (Å²) in [5.41, 5.74) is 1.05. The SMILES string of the molecule is CCc1ccc(F)c(Cl)c1.O=CNc1ccc(Cl)c(C(=O)O)c1Cl. The number of hydrogen-bond donors (Lipinski definition) is 2. The third-order valence-corrected chi connectivity index (χ3v) is 3.91. The minimum atomic E-state index is -1.24. The van der Waals surface area contributed by atoms with Crippen molar-refractivity contribution in [2.75, 3.05) is 5.32 Å². The van der Waals surface area contributed by atoms with Crippen LogP contribution in [0.1, 0.15) is 22.8 Å². The Kier molecular flexibility index (Phi) is 7.98. The third kappa shape index (κ3) is 5.37. The summed E-state index contributed by atoms with van der Waals surface area (Å²) in [6.45, 7) is 2.00. The molecule has 24 heavy (non-hydrogen) atoms. The minimum absolute atomic E-state index is 0.0268. The summed E-state index contributed by atoms with van der Waals surface area (Å²) >= 11 is 16.8. The van der Waals surface area contributed by atoms with Crippen molar-refractivity contribution in [2.24, 2.45) is 0 Å². The van der Waals surface area contributed by atoms with Crippen molar-refractivity contribution in [3.05, 3.63) is 62.3 Å². The molecule has 0 aromatic heterocycles. The summed E-state index contributed by atoms with van der Waals surface area (Å²) in [5.74, 6) is -1.59. The van der Waals surface area contributed by atoms with Crippen LogP contribution in [0, 0.1) is 5.82 Å². The molecule has 0 atom stereocenters. The van der Waals surface area contributed by atoms with E-state index in [9.17, 15) is 14.0 Å². The molecule has 4 nitrogen and oxygen atoms in total. The molecule has 128 valence electrons. The number of rotatable bonds is 4. The zero-order valence-corrected chi connectivity index (χ0v) is 14.7. The summed E-state index contributed by atoms with van der Waals surface area (Å²) in [6, 6.07) is 7.55. The van der Waals surface area contributed by atoms with Crippen molar-refractivity contribution in [3.63, 3.8) is 0 Å². The maximum Gasteiger partial charge on any atom is 0.338 e. The van der Waals surface area contributed by atoms with Crippen molar-refractivity contribution >= 4 is 52.9 Å². The second kappa shape index (κ2) is 9.47. The van der Waals surface area contributed by atoms with E-state index < -0.39 is 5.97 Å². The lowest BCUT2D eigenvalue weighted by Gasteiger charge is -2.06. The molecule has 0 heterocycles. The monoisotopic (exact) mass is 391 g/mol. The lowest BCUT2D eigenvalue weighted by atomic mass is 10.2. The molecule has 2 aromatic rings. The van der Waals surface area contributed by atoms with Gasteiger partial charge in [0.15, 0.2) is 0 Å². The van der Waals surface area contributed by atoms with Crippen LogP contribution < -0.4 is 5.32 Å². The molecule has 8 heteroatoms. The number of nitrogens with one attached hydrogen (secondary N) is 1. The number of carbonyl (C=O) groups is 2. The van der Waals surface area contributed by atoms with E-state index in [0.29, 0.717) is 6.41 Å². The fourth-order valence-corrected chi connectivity index (χ4v) is 2.47. The van der Waals surface area contributed by atoms with E-state index in [2.05, 4.69) is 5.32 Å². The molecule has 2 N–H and O–H groups in total. The predicted octanol–water partition coefficient (Wildman–Crippen LogP) is 5.30. The van der Waals surface area contributed by atoms with Gasteiger partial charge in [-0.1, -0.05) is 47.8 Å². The van der Waals surface area contributed by atoms with E-state index in [4.69, 9.17) is 39.9 Å². The maximum absolute atomic E-state index is 12.5. The predicted molar refractivity (Wildman–Crippen MR) is 93.9 cm³/mol. The fourth-order valence-electron chi connectivity index (χ4n) is 1.68. The first-order valence-corrected chi connectivity index (χ1v) is 7.80. The van der Waals surface area contributed by atoms with E-state index in [1.807, 2.05) is 6.92 Å². The largest absolute Gasteiger partial charge is 0.478 e. The Morgan fingerprint density at radius 3 is 2.38 bits per heavy atom. The summed E-state index contributed by atoms with van der Waals surface area (Å²) in [4.78, 5) is 20.9. The van der Waals surface area contributed by atoms with Gasteiger partial charge in [0.05, 0.1) is 26.3 Å². The van der Waals surface area contributed by atoms with Crippen LogP contribution in [0.3, 0.4) is 0 Å². The summed E-state index contributed by atoms with van der Waals surface area (Å²) in [5, 5.41) is 11.2. The number of aromatic carboxylic acids is 1. The summed E-state index contributed by atoms with van der Waals surface area (Å²) in [6.07, 6.45) is 1.29. The Bertz CT molecular complexity index is 754. The molecule has 0 aliphatic rings. The molecule has 0 unspecified atom stereocenters. The molecular weight excluding hydrogens is 380 g/mol. The summed E-state index contributed by atoms with van der Waals surface area (Å²) in [7, 11) is 0. The van der Waals surface area contributed by atoms with Crippen molar-refractivity contribution in [2.45, 2.75) is 13.3 Å². The number of anilines is 1. The smallest absolute Gasteiger partial charge is 0.338 e. The molecule has 1 amide bonds. The van der Waals surface area contributed by atoms with Crippen LogP contribution in [-0.2, 0) is 11.2 Å². The first kappa shape index (κ1) is 20.2. The topological polar surface area (TPSA) is 66.4 Å². The molecule has 0 spiro atoms. The van der Waals surface area contributed by atoms with E-state index in [0.717, 1.165) is 12.0 Å². The molecule has 0 aliphatic heterocycles. The van der Waals surface area contributed by atoms with Gasteiger partial charge in [-0.3, -0.25) is 4.79 Å². The number of carboxylic acids is 1. The van der Waals surface area contributed by atoms with Crippen LogP contribution in [-0.4, -0.2) is 17.5 Å². The maximum atomic E-state index is 12.5. The summed E-state index contributed by atoms with van der Waals surface area (Å²) < 4.78 is 12.5.